The van der Waals surface area contributed by atoms with Crippen molar-refractivity contribution in [1.29, 1.82) is 0 Å². The molecule has 0 spiro atoms. The number of rotatable bonds is 1. The summed E-state index contributed by atoms with van der Waals surface area (Å²) in [5.41, 5.74) is 0.394. The second-order valence-corrected chi connectivity index (χ2v) is 5.51. The van der Waals surface area contributed by atoms with Gasteiger partial charge in [-0.25, -0.2) is 0 Å². The molecule has 0 aromatic heterocycles. The highest BCUT2D eigenvalue weighted by Gasteiger charge is 2.23. The van der Waals surface area contributed by atoms with E-state index in [1.807, 2.05) is 6.92 Å². The largest absolute Gasteiger partial charge is 0.507 e. The summed E-state index contributed by atoms with van der Waals surface area (Å²) in [5.74, 6) is -0.0315. The van der Waals surface area contributed by atoms with Gasteiger partial charge in [0.1, 0.15) is 5.75 Å². The maximum Gasteiger partial charge on any atom is 0.257 e. The van der Waals surface area contributed by atoms with Crippen molar-refractivity contribution < 1.29 is 9.90 Å². The second kappa shape index (κ2) is 5.22. The molecule has 17 heavy (non-hydrogen) atoms. The quantitative estimate of drug-likeness (QED) is 0.757. The van der Waals surface area contributed by atoms with Crippen LogP contribution in [-0.2, 0) is 0 Å². The lowest BCUT2D eigenvalue weighted by atomic mass is 10.1. The molecule has 0 bridgehead atoms. The minimum absolute atomic E-state index is 0.0570. The average molecular weight is 346 g/mol. The number of piperazine rings is 1. The predicted molar refractivity (Wildman–Crippen MR) is 74.2 cm³/mol. The lowest BCUT2D eigenvalue weighted by Gasteiger charge is -2.32. The number of aromatic hydroxyl groups is 1. The van der Waals surface area contributed by atoms with Crippen molar-refractivity contribution in [3.63, 3.8) is 0 Å². The molecule has 1 aromatic rings. The van der Waals surface area contributed by atoms with E-state index in [-0.39, 0.29) is 11.7 Å². The first-order valence-corrected chi connectivity index (χ1v) is 6.67. The first-order chi connectivity index (χ1) is 8.08. The Labute approximate surface area is 114 Å². The summed E-state index contributed by atoms with van der Waals surface area (Å²) < 4.78 is 0.951. The van der Waals surface area contributed by atoms with Crippen molar-refractivity contribution in [3.8, 4) is 5.75 Å². The molecule has 0 radical (unpaired) electrons. The van der Waals surface area contributed by atoms with Crippen LogP contribution in [0.2, 0.25) is 0 Å². The topological polar surface area (TPSA) is 52.6 Å². The van der Waals surface area contributed by atoms with E-state index in [0.717, 1.165) is 10.1 Å². The smallest absolute Gasteiger partial charge is 0.257 e. The first-order valence-electron chi connectivity index (χ1n) is 5.59. The van der Waals surface area contributed by atoms with Crippen molar-refractivity contribution in [2.24, 2.45) is 0 Å². The van der Waals surface area contributed by atoms with E-state index in [9.17, 15) is 9.90 Å². The lowest BCUT2D eigenvalue weighted by molar-refractivity contribution is 0.0706. The molecule has 1 aromatic carbocycles. The van der Waals surface area contributed by atoms with Crippen LogP contribution in [0.25, 0.3) is 0 Å². The Morgan fingerprint density at radius 3 is 3.06 bits per heavy atom. The summed E-state index contributed by atoms with van der Waals surface area (Å²) in [6.45, 7) is 4.23. The molecule has 1 atom stereocenters. The molecule has 0 saturated carbocycles. The van der Waals surface area contributed by atoms with Gasteiger partial charge in [0.2, 0.25) is 0 Å². The molecule has 0 aliphatic carbocycles. The molecule has 2 rings (SSSR count). The van der Waals surface area contributed by atoms with E-state index in [2.05, 4.69) is 27.9 Å². The molecule has 4 nitrogen and oxygen atoms in total. The van der Waals surface area contributed by atoms with Crippen LogP contribution in [0.1, 0.15) is 17.3 Å². The number of phenols is 1. The summed E-state index contributed by atoms with van der Waals surface area (Å²) in [7, 11) is 0. The molecule has 1 saturated heterocycles. The number of hydrogen-bond acceptors (Lipinski definition) is 3. The van der Waals surface area contributed by atoms with E-state index in [4.69, 9.17) is 0 Å². The molecule has 0 unspecified atom stereocenters. The summed E-state index contributed by atoms with van der Waals surface area (Å²) in [6, 6.07) is 5.39. The number of amides is 1. The maximum absolute atomic E-state index is 12.3. The molecule has 1 fully saturated rings. The van der Waals surface area contributed by atoms with Crippen LogP contribution in [0.5, 0.6) is 5.75 Å². The highest BCUT2D eigenvalue weighted by Crippen LogP contribution is 2.21. The normalized spacial score (nSPS) is 20.4. The van der Waals surface area contributed by atoms with Crippen LogP contribution in [-0.4, -0.2) is 41.6 Å². The number of benzene rings is 1. The molecule has 1 amide bonds. The van der Waals surface area contributed by atoms with Gasteiger partial charge < -0.3 is 15.3 Å². The van der Waals surface area contributed by atoms with E-state index >= 15 is 0 Å². The monoisotopic (exact) mass is 346 g/mol. The van der Waals surface area contributed by atoms with E-state index in [1.54, 1.807) is 23.1 Å². The fourth-order valence-electron chi connectivity index (χ4n) is 1.97. The Balaban J connectivity index is 2.21. The number of carbonyl (C=O) groups excluding carboxylic acids is 1. The van der Waals surface area contributed by atoms with Gasteiger partial charge in [-0.15, -0.1) is 0 Å². The second-order valence-electron chi connectivity index (χ2n) is 4.27. The molecular formula is C12H15IN2O2. The van der Waals surface area contributed by atoms with Crippen LogP contribution in [0.15, 0.2) is 18.2 Å². The fraction of sp³-hybridized carbons (Fsp3) is 0.417. The first kappa shape index (κ1) is 12.6. The van der Waals surface area contributed by atoms with E-state index < -0.39 is 0 Å². The van der Waals surface area contributed by atoms with Crippen LogP contribution < -0.4 is 5.32 Å². The summed E-state index contributed by atoms with van der Waals surface area (Å²) in [4.78, 5) is 14.0. The molecule has 1 aliphatic rings. The Hall–Kier alpha value is -0.820. The minimum atomic E-state index is -0.0885. The van der Waals surface area contributed by atoms with E-state index in [0.29, 0.717) is 24.7 Å². The number of hydrogen-bond donors (Lipinski definition) is 2. The van der Waals surface area contributed by atoms with Gasteiger partial charge in [0, 0.05) is 29.2 Å². The number of halogens is 1. The number of nitrogens with one attached hydrogen (secondary N) is 1. The van der Waals surface area contributed by atoms with Crippen molar-refractivity contribution >= 4 is 28.5 Å². The molecule has 92 valence electrons. The number of nitrogens with zero attached hydrogens (tertiary/aromatic N) is 1. The summed E-state index contributed by atoms with van der Waals surface area (Å²) in [5, 5.41) is 13.0. The van der Waals surface area contributed by atoms with Crippen LogP contribution in [0, 0.1) is 3.57 Å². The van der Waals surface area contributed by atoms with Crippen LogP contribution in [0.4, 0.5) is 0 Å². The highest BCUT2D eigenvalue weighted by molar-refractivity contribution is 14.1. The molecule has 5 heteroatoms. The zero-order valence-electron chi connectivity index (χ0n) is 9.61. The van der Waals surface area contributed by atoms with Gasteiger partial charge in [0.15, 0.2) is 0 Å². The summed E-state index contributed by atoms with van der Waals surface area (Å²) in [6.07, 6.45) is 0. The lowest BCUT2D eigenvalue weighted by Crippen LogP contribution is -2.51. The third kappa shape index (κ3) is 2.90. The van der Waals surface area contributed by atoms with Crippen molar-refractivity contribution in [1.82, 2.24) is 10.2 Å². The minimum Gasteiger partial charge on any atom is -0.507 e. The van der Waals surface area contributed by atoms with Gasteiger partial charge >= 0.3 is 0 Å². The number of carbonyl (C=O) groups is 1. The van der Waals surface area contributed by atoms with Crippen LogP contribution in [0.3, 0.4) is 0 Å². The maximum atomic E-state index is 12.3. The van der Waals surface area contributed by atoms with Gasteiger partial charge in [-0.1, -0.05) is 0 Å². The zero-order valence-corrected chi connectivity index (χ0v) is 11.8. The average Bonchev–Trinajstić information content (AvgIpc) is 2.31. The van der Waals surface area contributed by atoms with Gasteiger partial charge in [-0.05, 0) is 47.7 Å². The van der Waals surface area contributed by atoms with Gasteiger partial charge in [-0.2, -0.15) is 0 Å². The summed E-state index contributed by atoms with van der Waals surface area (Å²) >= 11 is 2.14. The molecule has 2 N–H and O–H groups in total. The molecular weight excluding hydrogens is 331 g/mol. The van der Waals surface area contributed by atoms with Crippen molar-refractivity contribution in [2.45, 2.75) is 13.0 Å². The van der Waals surface area contributed by atoms with Gasteiger partial charge in [0.25, 0.3) is 5.91 Å². The van der Waals surface area contributed by atoms with Crippen molar-refractivity contribution in [2.75, 3.05) is 19.6 Å². The standard InChI is InChI=1S/C12H15IN2O2/c1-8-7-15(5-4-14-8)12(17)10-6-9(13)2-3-11(10)16/h2-3,6,8,14,16H,4-5,7H2,1H3/t8-/m1/s1. The van der Waals surface area contributed by atoms with Crippen molar-refractivity contribution in [3.05, 3.63) is 27.3 Å². The molecule has 1 heterocycles. The SMILES string of the molecule is C[C@@H]1CN(C(=O)c2cc(I)ccc2O)CCN1. The Bertz CT molecular complexity index is 437. The predicted octanol–water partition coefficient (Wildman–Crippen LogP) is 1.43. The third-order valence-electron chi connectivity index (χ3n) is 2.84. The Morgan fingerprint density at radius 2 is 2.35 bits per heavy atom. The van der Waals surface area contributed by atoms with Crippen LogP contribution >= 0.6 is 22.6 Å². The number of phenolic OH excluding ortho intramolecular Hbond substituents is 1. The highest BCUT2D eigenvalue weighted by atomic mass is 127. The Morgan fingerprint density at radius 1 is 1.59 bits per heavy atom. The van der Waals surface area contributed by atoms with E-state index in [1.165, 1.54) is 0 Å². The molecule has 1 aliphatic heterocycles. The van der Waals surface area contributed by atoms with Gasteiger partial charge in [-0.3, -0.25) is 4.79 Å². The third-order valence-corrected chi connectivity index (χ3v) is 3.52. The Kier molecular flexibility index (Phi) is 3.88. The zero-order chi connectivity index (χ0) is 12.4. The van der Waals surface area contributed by atoms with Gasteiger partial charge in [0.05, 0.1) is 5.56 Å². The fourth-order valence-corrected chi connectivity index (χ4v) is 2.46.